The molecule has 102 valence electrons. The van der Waals surface area contributed by atoms with Crippen LogP contribution in [-0.2, 0) is 14.3 Å². The molecular formula is C12H25NO4. The quantitative estimate of drug-likeness (QED) is 0.381. The van der Waals surface area contributed by atoms with Crippen LogP contribution in [0.25, 0.3) is 0 Å². The van der Waals surface area contributed by atoms with Crippen molar-refractivity contribution in [3.8, 4) is 0 Å². The molecule has 0 N–H and O–H groups in total. The molecule has 0 aliphatic carbocycles. The summed E-state index contributed by atoms with van der Waals surface area (Å²) in [7, 11) is 1.12. The van der Waals surface area contributed by atoms with Gasteiger partial charge in [-0.1, -0.05) is 0 Å². The van der Waals surface area contributed by atoms with Crippen LogP contribution in [0.2, 0.25) is 0 Å². The summed E-state index contributed by atoms with van der Waals surface area (Å²) in [5, 5.41) is 9.56. The molecule has 0 fully saturated rings. The van der Waals surface area contributed by atoms with Crippen LogP contribution in [0.1, 0.15) is 34.1 Å². The number of nitrogens with zero attached hydrogens (tertiary/aromatic N) is 1. The first kappa shape index (κ1) is 18.3. The minimum Gasteiger partial charge on any atom is -0.550 e. The number of methoxy groups -OCH3 is 1. The van der Waals surface area contributed by atoms with Crippen molar-refractivity contribution in [1.82, 2.24) is 0 Å². The third-order valence-electron chi connectivity index (χ3n) is 3.20. The molecular weight excluding hydrogens is 222 g/mol. The van der Waals surface area contributed by atoms with E-state index in [0.717, 1.165) is 7.11 Å². The van der Waals surface area contributed by atoms with Crippen LogP contribution in [0.3, 0.4) is 0 Å². The van der Waals surface area contributed by atoms with E-state index in [9.17, 15) is 14.7 Å². The number of carboxylic acid groups (broad SMARTS) is 1. The van der Waals surface area contributed by atoms with Gasteiger partial charge in [0, 0.05) is 0 Å². The number of carbonyl (C=O) groups excluding carboxylic acids is 2. The van der Waals surface area contributed by atoms with E-state index in [4.69, 9.17) is 0 Å². The molecule has 0 aliphatic heterocycles. The van der Waals surface area contributed by atoms with Crippen molar-refractivity contribution in [3.63, 3.8) is 0 Å². The van der Waals surface area contributed by atoms with Gasteiger partial charge in [-0.15, -0.1) is 0 Å². The van der Waals surface area contributed by atoms with Crippen molar-refractivity contribution < 1.29 is 23.9 Å². The summed E-state index contributed by atoms with van der Waals surface area (Å²) < 4.78 is 5.28. The zero-order valence-electron chi connectivity index (χ0n) is 11.6. The lowest BCUT2D eigenvalue weighted by atomic mass is 10.3. The van der Waals surface area contributed by atoms with Gasteiger partial charge in [0.15, 0.2) is 0 Å². The summed E-state index contributed by atoms with van der Waals surface area (Å²) in [6.07, 6.45) is -0.670. The number of ether oxygens (including phenoxy) is 1. The number of quaternary nitrogens is 1. The lowest BCUT2D eigenvalue weighted by molar-refractivity contribution is -0.921. The first-order chi connectivity index (χ1) is 7.91. The van der Waals surface area contributed by atoms with Crippen molar-refractivity contribution in [2.75, 3.05) is 33.3 Å². The van der Waals surface area contributed by atoms with Crippen molar-refractivity contribution in [3.05, 3.63) is 0 Å². The Hall–Kier alpha value is -1.10. The third-order valence-corrected chi connectivity index (χ3v) is 3.20. The van der Waals surface area contributed by atoms with Gasteiger partial charge in [0.05, 0.1) is 45.7 Å². The second kappa shape index (κ2) is 10.1. The predicted octanol–water partition coefficient (Wildman–Crippen LogP) is 0.182. The SMILES string of the molecule is CC[N+](CC)(CC)CC.COC(=O)CC(=O)[O-]. The van der Waals surface area contributed by atoms with E-state index in [1.54, 1.807) is 0 Å². The highest BCUT2D eigenvalue weighted by Crippen LogP contribution is 2.03. The maximum absolute atomic E-state index is 9.98. The van der Waals surface area contributed by atoms with Gasteiger partial charge in [0.2, 0.25) is 0 Å². The van der Waals surface area contributed by atoms with Crippen LogP contribution < -0.4 is 5.11 Å². The Bertz CT molecular complexity index is 207. The van der Waals surface area contributed by atoms with E-state index in [1.165, 1.54) is 30.7 Å². The molecule has 0 rings (SSSR count). The Morgan fingerprint density at radius 3 is 1.41 bits per heavy atom. The normalized spacial score (nSPS) is 10.2. The second-order valence-electron chi connectivity index (χ2n) is 3.73. The largest absolute Gasteiger partial charge is 0.550 e. The molecule has 0 saturated heterocycles. The second-order valence-corrected chi connectivity index (χ2v) is 3.73. The molecule has 0 spiro atoms. The van der Waals surface area contributed by atoms with Gasteiger partial charge >= 0.3 is 5.97 Å². The van der Waals surface area contributed by atoms with Crippen molar-refractivity contribution in [2.45, 2.75) is 34.1 Å². The fourth-order valence-corrected chi connectivity index (χ4v) is 1.53. The molecule has 0 saturated carbocycles. The minimum absolute atomic E-state index is 0.670. The Morgan fingerprint density at radius 2 is 1.35 bits per heavy atom. The average Bonchev–Trinajstić information content (AvgIpc) is 2.33. The van der Waals surface area contributed by atoms with E-state index < -0.39 is 18.4 Å². The summed E-state index contributed by atoms with van der Waals surface area (Å²) >= 11 is 0. The highest BCUT2D eigenvalue weighted by Gasteiger charge is 2.16. The van der Waals surface area contributed by atoms with Crippen LogP contribution in [0, 0.1) is 0 Å². The van der Waals surface area contributed by atoms with Crippen molar-refractivity contribution >= 4 is 11.9 Å². The van der Waals surface area contributed by atoms with E-state index in [1.807, 2.05) is 0 Å². The van der Waals surface area contributed by atoms with E-state index in [0.29, 0.717) is 0 Å². The molecule has 0 radical (unpaired) electrons. The standard InChI is InChI=1S/C8H20N.C4H6O4/c1-5-9(6-2,7-3)8-4;1-8-4(7)2-3(5)6/h5-8H2,1-4H3;2H2,1H3,(H,5,6)/q+1;/p-1. The molecule has 0 unspecified atom stereocenters. The summed E-state index contributed by atoms with van der Waals surface area (Å²) in [5.74, 6) is -2.21. The van der Waals surface area contributed by atoms with E-state index >= 15 is 0 Å². The third kappa shape index (κ3) is 8.68. The number of carboxylic acids is 1. The van der Waals surface area contributed by atoms with Gasteiger partial charge in [0.1, 0.15) is 0 Å². The summed E-state index contributed by atoms with van der Waals surface area (Å²) in [5.41, 5.74) is 0. The van der Waals surface area contributed by atoms with E-state index in [2.05, 4.69) is 32.4 Å². The van der Waals surface area contributed by atoms with Crippen LogP contribution >= 0.6 is 0 Å². The van der Waals surface area contributed by atoms with Gasteiger partial charge in [-0.25, -0.2) is 0 Å². The van der Waals surface area contributed by atoms with Crippen molar-refractivity contribution in [1.29, 1.82) is 0 Å². The molecule has 0 atom stereocenters. The van der Waals surface area contributed by atoms with Crippen LogP contribution in [0.15, 0.2) is 0 Å². The highest BCUT2D eigenvalue weighted by atomic mass is 16.5. The van der Waals surface area contributed by atoms with Crippen LogP contribution in [-0.4, -0.2) is 49.7 Å². The van der Waals surface area contributed by atoms with Gasteiger partial charge in [-0.2, -0.15) is 0 Å². The molecule has 0 aromatic carbocycles. The topological polar surface area (TPSA) is 66.4 Å². The number of carbonyl (C=O) groups is 2. The first-order valence-corrected chi connectivity index (χ1v) is 6.03. The number of hydrogen-bond acceptors (Lipinski definition) is 4. The summed E-state index contributed by atoms with van der Waals surface area (Å²) in [6.45, 7) is 14.2. The van der Waals surface area contributed by atoms with Crippen LogP contribution in [0.5, 0.6) is 0 Å². The van der Waals surface area contributed by atoms with Gasteiger partial charge in [-0.3, -0.25) is 4.79 Å². The maximum atomic E-state index is 9.98. The number of rotatable bonds is 6. The smallest absolute Gasteiger partial charge is 0.311 e. The van der Waals surface area contributed by atoms with Crippen LogP contribution in [0.4, 0.5) is 0 Å². The molecule has 0 aromatic heterocycles. The highest BCUT2D eigenvalue weighted by molar-refractivity contribution is 5.88. The lowest BCUT2D eigenvalue weighted by Crippen LogP contribution is -2.47. The fourth-order valence-electron chi connectivity index (χ4n) is 1.53. The predicted molar refractivity (Wildman–Crippen MR) is 64.1 cm³/mol. The Balaban J connectivity index is 0. The zero-order chi connectivity index (χ0) is 13.9. The fraction of sp³-hybridized carbons (Fsp3) is 0.833. The summed E-state index contributed by atoms with van der Waals surface area (Å²) in [6, 6.07) is 0. The molecule has 5 nitrogen and oxygen atoms in total. The molecule has 0 heterocycles. The first-order valence-electron chi connectivity index (χ1n) is 6.03. The van der Waals surface area contributed by atoms with Crippen molar-refractivity contribution in [2.24, 2.45) is 0 Å². The van der Waals surface area contributed by atoms with Gasteiger partial charge in [0.25, 0.3) is 0 Å². The van der Waals surface area contributed by atoms with Gasteiger partial charge < -0.3 is 19.1 Å². The minimum atomic E-state index is -1.42. The molecule has 0 amide bonds. The lowest BCUT2D eigenvalue weighted by Gasteiger charge is -2.34. The monoisotopic (exact) mass is 247 g/mol. The number of hydrogen-bond donors (Lipinski definition) is 0. The molecule has 17 heavy (non-hydrogen) atoms. The Labute approximate surface area is 104 Å². The van der Waals surface area contributed by atoms with Gasteiger partial charge in [-0.05, 0) is 27.7 Å². The molecule has 0 aromatic rings. The Morgan fingerprint density at radius 1 is 1.00 bits per heavy atom. The maximum Gasteiger partial charge on any atom is 0.311 e. The molecule has 0 bridgehead atoms. The Kier molecular flexibility index (Phi) is 10.8. The number of esters is 1. The molecule has 5 heteroatoms. The average molecular weight is 247 g/mol. The zero-order valence-corrected chi connectivity index (χ0v) is 11.6. The molecule has 0 aliphatic rings. The van der Waals surface area contributed by atoms with E-state index in [-0.39, 0.29) is 0 Å². The summed E-state index contributed by atoms with van der Waals surface area (Å²) in [4.78, 5) is 19.5. The number of aliphatic carboxylic acids is 1.